The van der Waals surface area contributed by atoms with Gasteiger partial charge in [-0.1, -0.05) is 27.7 Å². The van der Waals surface area contributed by atoms with Crippen LogP contribution in [0.25, 0.3) is 0 Å². The lowest BCUT2D eigenvalue weighted by Crippen LogP contribution is -2.36. The van der Waals surface area contributed by atoms with E-state index in [9.17, 15) is 9.59 Å². The first kappa shape index (κ1) is 19.7. The van der Waals surface area contributed by atoms with E-state index in [2.05, 4.69) is 17.1 Å². The van der Waals surface area contributed by atoms with Crippen LogP contribution in [0.2, 0.25) is 0 Å². The van der Waals surface area contributed by atoms with Crippen LogP contribution in [-0.2, 0) is 4.79 Å². The molecule has 0 aromatic heterocycles. The minimum Gasteiger partial charge on any atom is -0.371 e. The number of likely N-dealkylation sites (tertiary alicyclic amines) is 1. The number of hydrogen-bond acceptors (Lipinski definition) is 3. The number of hydrogen-bond donors (Lipinski definition) is 1. The van der Waals surface area contributed by atoms with Crippen LogP contribution in [0.1, 0.15) is 63.7 Å². The molecule has 2 amide bonds. The van der Waals surface area contributed by atoms with Crippen molar-refractivity contribution in [3.63, 3.8) is 0 Å². The van der Waals surface area contributed by atoms with Crippen LogP contribution in [0.5, 0.6) is 0 Å². The Morgan fingerprint density at radius 2 is 1.67 bits per heavy atom. The van der Waals surface area contributed by atoms with Gasteiger partial charge in [-0.25, -0.2) is 0 Å². The SMILES string of the molecule is CC1CCN(c2ccc(NC(=O)C(C)(C)C)cc2C(=O)N2CCCC2)CC1. The molecule has 0 saturated carbocycles. The predicted octanol–water partition coefficient (Wildman–Crippen LogP) is 4.14. The third kappa shape index (κ3) is 4.63. The van der Waals surface area contributed by atoms with Crippen LogP contribution in [0, 0.1) is 11.3 Å². The third-order valence-corrected chi connectivity index (χ3v) is 5.68. The largest absolute Gasteiger partial charge is 0.371 e. The van der Waals surface area contributed by atoms with Crippen molar-refractivity contribution in [2.75, 3.05) is 36.4 Å². The second kappa shape index (κ2) is 7.91. The molecule has 0 unspecified atom stereocenters. The molecule has 148 valence electrons. The van der Waals surface area contributed by atoms with E-state index < -0.39 is 5.41 Å². The van der Waals surface area contributed by atoms with Crippen molar-refractivity contribution in [1.29, 1.82) is 0 Å². The highest BCUT2D eigenvalue weighted by molar-refractivity contribution is 6.02. The zero-order chi connectivity index (χ0) is 19.6. The summed E-state index contributed by atoms with van der Waals surface area (Å²) in [7, 11) is 0. The van der Waals surface area contributed by atoms with Crippen LogP contribution >= 0.6 is 0 Å². The molecule has 1 aromatic carbocycles. The third-order valence-electron chi connectivity index (χ3n) is 5.68. The molecule has 2 heterocycles. The molecule has 0 bridgehead atoms. The average molecular weight is 372 g/mol. The molecular formula is C22H33N3O2. The number of nitrogens with one attached hydrogen (secondary N) is 1. The summed E-state index contributed by atoms with van der Waals surface area (Å²) in [5, 5.41) is 2.98. The van der Waals surface area contributed by atoms with Crippen molar-refractivity contribution < 1.29 is 9.59 Å². The van der Waals surface area contributed by atoms with Gasteiger partial charge >= 0.3 is 0 Å². The molecule has 0 atom stereocenters. The molecule has 5 heteroatoms. The normalized spacial score (nSPS) is 18.7. The number of benzene rings is 1. The second-order valence-corrected chi connectivity index (χ2v) is 9.10. The lowest BCUT2D eigenvalue weighted by Gasteiger charge is -2.34. The molecule has 0 radical (unpaired) electrons. The van der Waals surface area contributed by atoms with E-state index in [4.69, 9.17) is 0 Å². The van der Waals surface area contributed by atoms with Crippen LogP contribution in [0.4, 0.5) is 11.4 Å². The van der Waals surface area contributed by atoms with Gasteiger partial charge in [-0.2, -0.15) is 0 Å². The Bertz CT molecular complexity index is 694. The van der Waals surface area contributed by atoms with Gasteiger partial charge in [0.05, 0.1) is 5.56 Å². The predicted molar refractivity (Wildman–Crippen MR) is 110 cm³/mol. The highest BCUT2D eigenvalue weighted by atomic mass is 16.2. The smallest absolute Gasteiger partial charge is 0.256 e. The van der Waals surface area contributed by atoms with E-state index in [0.29, 0.717) is 5.69 Å². The van der Waals surface area contributed by atoms with Crippen molar-refractivity contribution in [3.05, 3.63) is 23.8 Å². The van der Waals surface area contributed by atoms with E-state index in [1.165, 1.54) is 0 Å². The number of amides is 2. The summed E-state index contributed by atoms with van der Waals surface area (Å²) < 4.78 is 0. The summed E-state index contributed by atoms with van der Waals surface area (Å²) in [5.74, 6) is 0.791. The first-order valence-electron chi connectivity index (χ1n) is 10.3. The van der Waals surface area contributed by atoms with Crippen molar-refractivity contribution in [2.45, 2.75) is 53.4 Å². The first-order chi connectivity index (χ1) is 12.8. The second-order valence-electron chi connectivity index (χ2n) is 9.10. The number of piperidine rings is 1. The molecule has 3 rings (SSSR count). The van der Waals surface area contributed by atoms with Crippen LogP contribution in [-0.4, -0.2) is 42.9 Å². The van der Waals surface area contributed by atoms with Gasteiger partial charge in [0, 0.05) is 43.0 Å². The topological polar surface area (TPSA) is 52.7 Å². The maximum atomic E-state index is 13.2. The van der Waals surface area contributed by atoms with Crippen molar-refractivity contribution in [2.24, 2.45) is 11.3 Å². The number of anilines is 2. The van der Waals surface area contributed by atoms with Gasteiger partial charge in [0.2, 0.25) is 5.91 Å². The summed E-state index contributed by atoms with van der Waals surface area (Å²) in [6, 6.07) is 5.81. The molecule has 2 aliphatic heterocycles. The minimum absolute atomic E-state index is 0.0402. The summed E-state index contributed by atoms with van der Waals surface area (Å²) in [4.78, 5) is 29.9. The van der Waals surface area contributed by atoms with Crippen LogP contribution in [0.3, 0.4) is 0 Å². The van der Waals surface area contributed by atoms with Gasteiger partial charge in [-0.15, -0.1) is 0 Å². The molecule has 1 N–H and O–H groups in total. The Morgan fingerprint density at radius 1 is 1.04 bits per heavy atom. The maximum Gasteiger partial charge on any atom is 0.256 e. The molecule has 0 spiro atoms. The van der Waals surface area contributed by atoms with Gasteiger partial charge < -0.3 is 15.1 Å². The number of nitrogens with zero attached hydrogens (tertiary/aromatic N) is 2. The molecule has 2 aliphatic rings. The van der Waals surface area contributed by atoms with Gasteiger partial charge in [0.1, 0.15) is 0 Å². The fourth-order valence-corrected chi connectivity index (χ4v) is 3.72. The number of carbonyl (C=O) groups is 2. The van der Waals surface area contributed by atoms with E-state index >= 15 is 0 Å². The summed E-state index contributed by atoms with van der Waals surface area (Å²) in [6.45, 7) is 11.6. The van der Waals surface area contributed by atoms with E-state index in [0.717, 1.165) is 69.0 Å². The van der Waals surface area contributed by atoms with E-state index in [1.54, 1.807) is 0 Å². The van der Waals surface area contributed by atoms with Gasteiger partial charge in [-0.05, 0) is 49.8 Å². The van der Waals surface area contributed by atoms with E-state index in [1.807, 2.05) is 43.9 Å². The minimum atomic E-state index is -0.471. The van der Waals surface area contributed by atoms with Gasteiger partial charge in [0.25, 0.3) is 5.91 Å². The number of rotatable bonds is 3. The van der Waals surface area contributed by atoms with Crippen molar-refractivity contribution in [1.82, 2.24) is 4.90 Å². The monoisotopic (exact) mass is 371 g/mol. The van der Waals surface area contributed by atoms with Crippen molar-refractivity contribution in [3.8, 4) is 0 Å². The fourth-order valence-electron chi connectivity index (χ4n) is 3.72. The van der Waals surface area contributed by atoms with Crippen LogP contribution in [0.15, 0.2) is 18.2 Å². The lowest BCUT2D eigenvalue weighted by atomic mass is 9.95. The molecular weight excluding hydrogens is 338 g/mol. The van der Waals surface area contributed by atoms with Gasteiger partial charge in [-0.3, -0.25) is 9.59 Å². The molecule has 27 heavy (non-hydrogen) atoms. The Balaban J connectivity index is 1.90. The lowest BCUT2D eigenvalue weighted by molar-refractivity contribution is -0.123. The Hall–Kier alpha value is -2.04. The van der Waals surface area contributed by atoms with Crippen molar-refractivity contribution >= 4 is 23.2 Å². The summed E-state index contributed by atoms with van der Waals surface area (Å²) >= 11 is 0. The molecule has 0 aliphatic carbocycles. The maximum absolute atomic E-state index is 13.2. The Morgan fingerprint density at radius 3 is 2.26 bits per heavy atom. The zero-order valence-electron chi connectivity index (χ0n) is 17.2. The first-order valence-corrected chi connectivity index (χ1v) is 10.3. The van der Waals surface area contributed by atoms with Gasteiger partial charge in [0.15, 0.2) is 0 Å². The standard InChI is InChI=1S/C22H33N3O2/c1-16-9-13-24(14-10-16)19-8-7-17(23-21(27)22(2,3)4)15-18(19)20(26)25-11-5-6-12-25/h7-8,15-16H,5-6,9-14H2,1-4H3,(H,23,27). The number of carbonyl (C=O) groups excluding carboxylic acids is 2. The zero-order valence-corrected chi connectivity index (χ0v) is 17.2. The Labute approximate surface area is 163 Å². The molecule has 1 aromatic rings. The molecule has 2 fully saturated rings. The summed E-state index contributed by atoms with van der Waals surface area (Å²) in [5.41, 5.74) is 1.96. The highest BCUT2D eigenvalue weighted by Gasteiger charge is 2.27. The van der Waals surface area contributed by atoms with Crippen LogP contribution < -0.4 is 10.2 Å². The fraction of sp³-hybridized carbons (Fsp3) is 0.636. The quantitative estimate of drug-likeness (QED) is 0.869. The summed E-state index contributed by atoms with van der Waals surface area (Å²) in [6.07, 6.45) is 4.45. The Kier molecular flexibility index (Phi) is 5.78. The highest BCUT2D eigenvalue weighted by Crippen LogP contribution is 2.31. The molecule has 2 saturated heterocycles. The average Bonchev–Trinajstić information content (AvgIpc) is 3.16. The molecule has 5 nitrogen and oxygen atoms in total. The van der Waals surface area contributed by atoms with E-state index in [-0.39, 0.29) is 11.8 Å².